The van der Waals surface area contributed by atoms with E-state index in [1.54, 1.807) is 0 Å². The van der Waals surface area contributed by atoms with Gasteiger partial charge in [-0.05, 0) is 25.7 Å². The van der Waals surface area contributed by atoms with Crippen molar-refractivity contribution >= 4 is 17.9 Å². The number of rotatable bonds is 6. The lowest BCUT2D eigenvalue weighted by molar-refractivity contribution is -0.150. The Morgan fingerprint density at radius 3 is 2.27 bits per heavy atom. The summed E-state index contributed by atoms with van der Waals surface area (Å²) in [7, 11) is 0.969. The first-order valence-corrected chi connectivity index (χ1v) is 6.71. The summed E-state index contributed by atoms with van der Waals surface area (Å²) in [4.78, 5) is 33.8. The van der Waals surface area contributed by atoms with Gasteiger partial charge < -0.3 is 24.4 Å². The van der Waals surface area contributed by atoms with E-state index in [9.17, 15) is 19.5 Å². The SMILES string of the molecule is COC(=O)/C(O)=C(\O)C(=O)OCCOC(=O)C1=CCCCC1. The molecule has 0 bridgehead atoms. The van der Waals surface area contributed by atoms with Crippen LogP contribution >= 0.6 is 0 Å². The summed E-state index contributed by atoms with van der Waals surface area (Å²) in [6, 6.07) is 0. The molecule has 0 spiro atoms. The number of esters is 3. The van der Waals surface area contributed by atoms with Crippen LogP contribution in [0.4, 0.5) is 0 Å². The molecule has 8 nitrogen and oxygen atoms in total. The normalized spacial score (nSPS) is 15.2. The third-order valence-electron chi connectivity index (χ3n) is 2.90. The molecule has 0 unspecified atom stereocenters. The van der Waals surface area contributed by atoms with Gasteiger partial charge in [-0.1, -0.05) is 6.08 Å². The standard InChI is InChI=1S/C14H18O8/c1-20-13(18)10(15)11(16)14(19)22-8-7-21-12(17)9-5-3-2-4-6-9/h5,15-16H,2-4,6-8H2,1H3/b11-10+. The molecule has 0 amide bonds. The van der Waals surface area contributed by atoms with Gasteiger partial charge in [0.2, 0.25) is 0 Å². The second-order valence-electron chi connectivity index (χ2n) is 4.44. The molecule has 0 fully saturated rings. The molecule has 1 rings (SSSR count). The zero-order chi connectivity index (χ0) is 16.5. The molecule has 8 heteroatoms. The fourth-order valence-corrected chi connectivity index (χ4v) is 1.74. The highest BCUT2D eigenvalue weighted by atomic mass is 16.6. The van der Waals surface area contributed by atoms with Gasteiger partial charge in [0.1, 0.15) is 13.2 Å². The van der Waals surface area contributed by atoms with E-state index < -0.39 is 29.4 Å². The predicted molar refractivity (Wildman–Crippen MR) is 72.8 cm³/mol. The quantitative estimate of drug-likeness (QED) is 0.246. The monoisotopic (exact) mass is 314 g/mol. The first-order valence-electron chi connectivity index (χ1n) is 6.71. The number of aliphatic hydroxyl groups excluding tert-OH is 2. The minimum Gasteiger partial charge on any atom is -0.499 e. The number of hydrogen-bond donors (Lipinski definition) is 2. The van der Waals surface area contributed by atoms with E-state index in [0.29, 0.717) is 12.0 Å². The molecule has 0 aromatic rings. The first kappa shape index (κ1) is 17.5. The summed E-state index contributed by atoms with van der Waals surface area (Å²) in [5.74, 6) is -5.58. The van der Waals surface area contributed by atoms with Gasteiger partial charge in [0.15, 0.2) is 0 Å². The van der Waals surface area contributed by atoms with E-state index in [2.05, 4.69) is 9.47 Å². The maximum Gasteiger partial charge on any atom is 0.377 e. The van der Waals surface area contributed by atoms with E-state index in [1.807, 2.05) is 6.08 Å². The molecule has 0 aliphatic heterocycles. The van der Waals surface area contributed by atoms with Crippen LogP contribution in [0.5, 0.6) is 0 Å². The smallest absolute Gasteiger partial charge is 0.377 e. The molecule has 0 saturated heterocycles. The molecule has 1 aliphatic rings. The first-order chi connectivity index (χ1) is 10.5. The molecule has 22 heavy (non-hydrogen) atoms. The lowest BCUT2D eigenvalue weighted by Crippen LogP contribution is -2.19. The Morgan fingerprint density at radius 2 is 1.68 bits per heavy atom. The van der Waals surface area contributed by atoms with Crippen LogP contribution in [0.25, 0.3) is 0 Å². The van der Waals surface area contributed by atoms with Crippen molar-refractivity contribution in [2.75, 3.05) is 20.3 Å². The summed E-state index contributed by atoms with van der Waals surface area (Å²) < 4.78 is 13.6. The van der Waals surface area contributed by atoms with E-state index in [-0.39, 0.29) is 13.2 Å². The number of carbonyl (C=O) groups excluding carboxylic acids is 3. The van der Waals surface area contributed by atoms with E-state index in [4.69, 9.17) is 9.84 Å². The molecule has 0 atom stereocenters. The van der Waals surface area contributed by atoms with Crippen molar-refractivity contribution in [1.82, 2.24) is 0 Å². The molecule has 2 N–H and O–H groups in total. The van der Waals surface area contributed by atoms with Gasteiger partial charge in [-0.15, -0.1) is 0 Å². The predicted octanol–water partition coefficient (Wildman–Crippen LogP) is 1.07. The van der Waals surface area contributed by atoms with Gasteiger partial charge in [0, 0.05) is 5.57 Å². The average molecular weight is 314 g/mol. The highest BCUT2D eigenvalue weighted by Gasteiger charge is 2.22. The summed E-state index contributed by atoms with van der Waals surface area (Å²) >= 11 is 0. The summed E-state index contributed by atoms with van der Waals surface area (Å²) in [6.45, 7) is -0.523. The Labute approximate surface area is 127 Å². The van der Waals surface area contributed by atoms with Crippen LogP contribution < -0.4 is 0 Å². The number of hydrogen-bond acceptors (Lipinski definition) is 8. The fourth-order valence-electron chi connectivity index (χ4n) is 1.74. The Bertz CT molecular complexity index is 503. The van der Waals surface area contributed by atoms with Gasteiger partial charge in [-0.2, -0.15) is 0 Å². The van der Waals surface area contributed by atoms with Gasteiger partial charge in [-0.25, -0.2) is 14.4 Å². The van der Waals surface area contributed by atoms with Crippen LogP contribution in [-0.4, -0.2) is 48.4 Å². The largest absolute Gasteiger partial charge is 0.499 e. The molecule has 0 saturated carbocycles. The molecular formula is C14H18O8. The minimum absolute atomic E-state index is 0.200. The Kier molecular flexibility index (Phi) is 6.94. The molecule has 1 aliphatic carbocycles. The molecule has 0 aromatic heterocycles. The highest BCUT2D eigenvalue weighted by molar-refractivity contribution is 5.96. The molecule has 0 radical (unpaired) electrons. The number of ether oxygens (including phenoxy) is 3. The van der Waals surface area contributed by atoms with Crippen LogP contribution in [0.15, 0.2) is 23.2 Å². The van der Waals surface area contributed by atoms with Crippen LogP contribution in [0, 0.1) is 0 Å². The van der Waals surface area contributed by atoms with Crippen LogP contribution in [0.3, 0.4) is 0 Å². The zero-order valence-corrected chi connectivity index (χ0v) is 12.2. The molecule has 0 aromatic carbocycles. The summed E-state index contributed by atoms with van der Waals surface area (Å²) in [5.41, 5.74) is 0.601. The highest BCUT2D eigenvalue weighted by Crippen LogP contribution is 2.18. The lowest BCUT2D eigenvalue weighted by Gasteiger charge is -2.12. The molecular weight excluding hydrogens is 296 g/mol. The number of aliphatic hydroxyl groups is 2. The van der Waals surface area contributed by atoms with Gasteiger partial charge in [-0.3, -0.25) is 0 Å². The third-order valence-corrected chi connectivity index (χ3v) is 2.90. The summed E-state index contributed by atoms with van der Waals surface area (Å²) in [6.07, 6.45) is 5.30. The number of carbonyl (C=O) groups is 3. The Hall–Kier alpha value is -2.51. The number of methoxy groups -OCH3 is 1. The van der Waals surface area contributed by atoms with Gasteiger partial charge in [0.05, 0.1) is 7.11 Å². The Balaban J connectivity index is 2.35. The van der Waals surface area contributed by atoms with Gasteiger partial charge >= 0.3 is 17.9 Å². The summed E-state index contributed by atoms with van der Waals surface area (Å²) in [5, 5.41) is 18.4. The Morgan fingerprint density at radius 1 is 1.05 bits per heavy atom. The second-order valence-corrected chi connectivity index (χ2v) is 4.44. The van der Waals surface area contributed by atoms with E-state index in [1.165, 1.54) is 0 Å². The topological polar surface area (TPSA) is 119 Å². The maximum atomic E-state index is 11.6. The fraction of sp³-hybridized carbons (Fsp3) is 0.500. The maximum absolute atomic E-state index is 11.6. The number of allylic oxidation sites excluding steroid dienone is 1. The van der Waals surface area contributed by atoms with E-state index >= 15 is 0 Å². The minimum atomic E-state index is -1.32. The van der Waals surface area contributed by atoms with Crippen molar-refractivity contribution in [3.05, 3.63) is 23.2 Å². The lowest BCUT2D eigenvalue weighted by atomic mass is 10.00. The average Bonchev–Trinajstić information content (AvgIpc) is 2.56. The van der Waals surface area contributed by atoms with Crippen molar-refractivity contribution in [2.45, 2.75) is 25.7 Å². The van der Waals surface area contributed by atoms with E-state index in [0.717, 1.165) is 26.4 Å². The van der Waals surface area contributed by atoms with Crippen molar-refractivity contribution in [1.29, 1.82) is 0 Å². The van der Waals surface area contributed by atoms with Crippen molar-refractivity contribution in [2.24, 2.45) is 0 Å². The van der Waals surface area contributed by atoms with Crippen LogP contribution in [0.2, 0.25) is 0 Å². The van der Waals surface area contributed by atoms with Crippen LogP contribution in [-0.2, 0) is 28.6 Å². The molecule has 0 heterocycles. The third kappa shape index (κ3) is 5.12. The molecule has 122 valence electrons. The van der Waals surface area contributed by atoms with Crippen molar-refractivity contribution in [3.63, 3.8) is 0 Å². The zero-order valence-electron chi connectivity index (χ0n) is 12.2. The van der Waals surface area contributed by atoms with Crippen LogP contribution in [0.1, 0.15) is 25.7 Å². The van der Waals surface area contributed by atoms with Crippen molar-refractivity contribution < 1.29 is 38.8 Å². The van der Waals surface area contributed by atoms with Crippen molar-refractivity contribution in [3.8, 4) is 0 Å². The second kappa shape index (κ2) is 8.71. The van der Waals surface area contributed by atoms with Gasteiger partial charge in [0.25, 0.3) is 11.5 Å².